The van der Waals surface area contributed by atoms with Gasteiger partial charge in [0.05, 0.1) is 5.41 Å². The molecule has 0 aromatic carbocycles. The Morgan fingerprint density at radius 2 is 1.76 bits per heavy atom. The molecule has 0 saturated carbocycles. The van der Waals surface area contributed by atoms with E-state index in [2.05, 4.69) is 11.9 Å². The number of nitrogens with zero attached hydrogens (tertiary/aromatic N) is 2. The number of fused-ring (bicyclic) bond motifs is 2. The van der Waals surface area contributed by atoms with Crippen molar-refractivity contribution < 1.29 is 14.7 Å². The summed E-state index contributed by atoms with van der Waals surface area (Å²) in [4.78, 5) is 28.5. The number of carbonyl (C=O) groups excluding carboxylic acids is 1. The van der Waals surface area contributed by atoms with E-state index in [4.69, 9.17) is 0 Å². The van der Waals surface area contributed by atoms with Gasteiger partial charge in [-0.2, -0.15) is 0 Å². The minimum atomic E-state index is -0.895. The van der Waals surface area contributed by atoms with Crippen molar-refractivity contribution in [3.63, 3.8) is 0 Å². The summed E-state index contributed by atoms with van der Waals surface area (Å²) >= 11 is 0. The van der Waals surface area contributed by atoms with Gasteiger partial charge in [0.25, 0.3) is 0 Å². The van der Waals surface area contributed by atoms with E-state index >= 15 is 0 Å². The van der Waals surface area contributed by atoms with Gasteiger partial charge in [-0.3, -0.25) is 14.5 Å². The molecule has 21 heavy (non-hydrogen) atoms. The Morgan fingerprint density at radius 1 is 1.14 bits per heavy atom. The fourth-order valence-electron chi connectivity index (χ4n) is 3.81. The van der Waals surface area contributed by atoms with Crippen LogP contribution in [-0.4, -0.2) is 59.0 Å². The second-order valence-corrected chi connectivity index (χ2v) is 6.65. The third-order valence-electron chi connectivity index (χ3n) is 5.80. The third-order valence-corrected chi connectivity index (χ3v) is 5.80. The lowest BCUT2D eigenvalue weighted by molar-refractivity contribution is -0.154. The van der Waals surface area contributed by atoms with E-state index < -0.39 is 11.4 Å². The molecular weight excluding hydrogens is 268 g/mol. The number of likely N-dealkylation sites (N-methyl/N-ethyl adjacent to an activating group) is 1. The van der Waals surface area contributed by atoms with Crippen LogP contribution in [0.1, 0.15) is 52.4 Å². The molecule has 2 rings (SSSR count). The van der Waals surface area contributed by atoms with Gasteiger partial charge in [-0.1, -0.05) is 13.8 Å². The predicted molar refractivity (Wildman–Crippen MR) is 81.0 cm³/mol. The minimum Gasteiger partial charge on any atom is -0.481 e. The minimum absolute atomic E-state index is 0.0158. The molecule has 2 heterocycles. The van der Waals surface area contributed by atoms with Gasteiger partial charge in [-0.15, -0.1) is 0 Å². The second kappa shape index (κ2) is 6.34. The highest BCUT2D eigenvalue weighted by Crippen LogP contribution is 2.33. The molecular formula is C16H28N2O3. The summed E-state index contributed by atoms with van der Waals surface area (Å²) in [5, 5.41) is 9.49. The first kappa shape index (κ1) is 16.3. The molecule has 0 aliphatic carbocycles. The lowest BCUT2D eigenvalue weighted by atomic mass is 9.79. The van der Waals surface area contributed by atoms with Crippen LogP contribution in [0.25, 0.3) is 0 Å². The normalized spacial score (nSPS) is 26.7. The van der Waals surface area contributed by atoms with Crippen molar-refractivity contribution in [3.8, 4) is 0 Å². The SMILES string of the molecule is CCC(CC)(CC(=O)N1CCC2CCC(C1)N2C)C(=O)O. The van der Waals surface area contributed by atoms with Gasteiger partial charge in [0.15, 0.2) is 0 Å². The molecule has 0 spiro atoms. The van der Waals surface area contributed by atoms with Crippen molar-refractivity contribution in [3.05, 3.63) is 0 Å². The summed E-state index contributed by atoms with van der Waals surface area (Å²) < 4.78 is 0. The smallest absolute Gasteiger partial charge is 0.310 e. The fraction of sp³-hybridized carbons (Fsp3) is 0.875. The molecule has 0 radical (unpaired) electrons. The van der Waals surface area contributed by atoms with Crippen LogP contribution in [0.5, 0.6) is 0 Å². The number of likely N-dealkylation sites (tertiary alicyclic amines) is 1. The van der Waals surface area contributed by atoms with Crippen molar-refractivity contribution in [2.75, 3.05) is 20.1 Å². The lowest BCUT2D eigenvalue weighted by Crippen LogP contribution is -2.43. The van der Waals surface area contributed by atoms with Crippen molar-refractivity contribution in [2.45, 2.75) is 64.5 Å². The van der Waals surface area contributed by atoms with Gasteiger partial charge in [-0.25, -0.2) is 0 Å². The number of aliphatic carboxylic acids is 1. The van der Waals surface area contributed by atoms with Crippen LogP contribution in [0.4, 0.5) is 0 Å². The number of hydrogen-bond donors (Lipinski definition) is 1. The number of carboxylic acids is 1. The second-order valence-electron chi connectivity index (χ2n) is 6.65. The van der Waals surface area contributed by atoms with Gasteiger partial charge in [0, 0.05) is 31.6 Å². The molecule has 1 N–H and O–H groups in total. The van der Waals surface area contributed by atoms with Gasteiger partial charge >= 0.3 is 5.97 Å². The van der Waals surface area contributed by atoms with E-state index in [9.17, 15) is 14.7 Å². The highest BCUT2D eigenvalue weighted by Gasteiger charge is 2.41. The van der Waals surface area contributed by atoms with Crippen molar-refractivity contribution in [2.24, 2.45) is 5.41 Å². The summed E-state index contributed by atoms with van der Waals surface area (Å²) in [6, 6.07) is 1.04. The zero-order valence-electron chi connectivity index (χ0n) is 13.5. The Balaban J connectivity index is 2.04. The zero-order valence-corrected chi connectivity index (χ0v) is 13.5. The summed E-state index contributed by atoms with van der Waals surface area (Å²) in [5.41, 5.74) is -0.895. The summed E-state index contributed by atoms with van der Waals surface area (Å²) in [5.74, 6) is -0.823. The van der Waals surface area contributed by atoms with Gasteiger partial charge in [0.1, 0.15) is 0 Å². The van der Waals surface area contributed by atoms with E-state index in [1.165, 1.54) is 6.42 Å². The molecule has 2 bridgehead atoms. The number of carboxylic acid groups (broad SMARTS) is 1. The molecule has 2 aliphatic rings. The zero-order chi connectivity index (χ0) is 15.6. The van der Waals surface area contributed by atoms with Crippen LogP contribution in [0, 0.1) is 5.41 Å². The Bertz CT molecular complexity index is 406. The lowest BCUT2D eigenvalue weighted by Gasteiger charge is -2.31. The molecule has 120 valence electrons. The first-order chi connectivity index (χ1) is 9.93. The molecule has 2 atom stereocenters. The summed E-state index contributed by atoms with van der Waals surface area (Å²) in [6.07, 6.45) is 4.53. The average molecular weight is 296 g/mol. The number of rotatable bonds is 5. The average Bonchev–Trinajstić information content (AvgIpc) is 2.69. The molecule has 0 aromatic rings. The first-order valence-electron chi connectivity index (χ1n) is 8.16. The molecule has 2 unspecified atom stereocenters. The van der Waals surface area contributed by atoms with Crippen molar-refractivity contribution >= 4 is 11.9 Å². The van der Waals surface area contributed by atoms with Crippen molar-refractivity contribution in [1.82, 2.24) is 9.80 Å². The Labute approximate surface area is 127 Å². The molecule has 5 heteroatoms. The molecule has 1 amide bonds. The van der Waals surface area contributed by atoms with E-state index in [-0.39, 0.29) is 12.3 Å². The van der Waals surface area contributed by atoms with E-state index in [0.29, 0.717) is 24.9 Å². The first-order valence-corrected chi connectivity index (χ1v) is 8.16. The van der Waals surface area contributed by atoms with E-state index in [1.807, 2.05) is 18.7 Å². The molecule has 2 fully saturated rings. The highest BCUT2D eigenvalue weighted by molar-refractivity contribution is 5.85. The maximum absolute atomic E-state index is 12.6. The number of amides is 1. The van der Waals surface area contributed by atoms with Crippen LogP contribution < -0.4 is 0 Å². The predicted octanol–water partition coefficient (Wildman–Crippen LogP) is 1.96. The quantitative estimate of drug-likeness (QED) is 0.842. The van der Waals surface area contributed by atoms with E-state index in [0.717, 1.165) is 25.9 Å². The molecule has 0 aromatic heterocycles. The maximum atomic E-state index is 12.6. The van der Waals surface area contributed by atoms with Crippen LogP contribution in [-0.2, 0) is 9.59 Å². The van der Waals surface area contributed by atoms with Crippen LogP contribution in [0.15, 0.2) is 0 Å². The third kappa shape index (κ3) is 3.07. The van der Waals surface area contributed by atoms with Gasteiger partial charge < -0.3 is 10.0 Å². The maximum Gasteiger partial charge on any atom is 0.310 e. The number of carbonyl (C=O) groups is 2. The van der Waals surface area contributed by atoms with Crippen LogP contribution >= 0.6 is 0 Å². The molecule has 5 nitrogen and oxygen atoms in total. The Kier molecular flexibility index (Phi) is 4.91. The van der Waals surface area contributed by atoms with E-state index in [1.54, 1.807) is 0 Å². The van der Waals surface area contributed by atoms with Crippen LogP contribution in [0.3, 0.4) is 0 Å². The molecule has 2 saturated heterocycles. The Morgan fingerprint density at radius 3 is 2.33 bits per heavy atom. The monoisotopic (exact) mass is 296 g/mol. The standard InChI is InChI=1S/C16H28N2O3/c1-4-16(5-2,15(20)21)10-14(19)18-9-8-12-6-7-13(11-18)17(12)3/h12-13H,4-11H2,1-3H3,(H,20,21). The summed E-state index contributed by atoms with van der Waals surface area (Å²) in [7, 11) is 2.15. The van der Waals surface area contributed by atoms with Gasteiger partial charge in [0.2, 0.25) is 5.91 Å². The van der Waals surface area contributed by atoms with Crippen LogP contribution in [0.2, 0.25) is 0 Å². The summed E-state index contributed by atoms with van der Waals surface area (Å²) in [6.45, 7) is 5.26. The van der Waals surface area contributed by atoms with Gasteiger partial charge in [-0.05, 0) is 39.2 Å². The Hall–Kier alpha value is -1.10. The highest BCUT2D eigenvalue weighted by atomic mass is 16.4. The fourth-order valence-corrected chi connectivity index (χ4v) is 3.81. The van der Waals surface area contributed by atoms with Crippen molar-refractivity contribution in [1.29, 1.82) is 0 Å². The topological polar surface area (TPSA) is 60.9 Å². The molecule has 2 aliphatic heterocycles. The number of hydrogen-bond acceptors (Lipinski definition) is 3. The largest absolute Gasteiger partial charge is 0.481 e.